The van der Waals surface area contributed by atoms with Crippen LogP contribution in [0.5, 0.6) is 0 Å². The molecule has 59 heavy (non-hydrogen) atoms. The molecule has 0 aromatic heterocycles. The summed E-state index contributed by atoms with van der Waals surface area (Å²) in [5.74, 6) is -5.85. The predicted octanol–water partition coefficient (Wildman–Crippen LogP) is 1.25. The molecule has 1 fully saturated rings. The van der Waals surface area contributed by atoms with Crippen LogP contribution in [0.4, 0.5) is 0 Å². The lowest BCUT2D eigenvalue weighted by atomic mass is 9.76. The van der Waals surface area contributed by atoms with Crippen LogP contribution >= 0.6 is 11.8 Å². The fourth-order valence-electron chi connectivity index (χ4n) is 6.67. The smallest absolute Gasteiger partial charge is 0.326 e. The first-order valence-electron chi connectivity index (χ1n) is 19.6. The van der Waals surface area contributed by atoms with Crippen LogP contribution in [-0.4, -0.2) is 136 Å². The predicted molar refractivity (Wildman–Crippen MR) is 224 cm³/mol. The first kappa shape index (κ1) is 50.3. The number of hydrogen-bond donors (Lipinski definition) is 7. The standard InChI is InChI=1S/C41H63N7O10S/c1-23(2)28(47(10)37(54)33(40(4,5)6)46-35(52)32(43-9)41(7,8)25-14-12-11-13-15-25)20-24(3)34(51)45-27(39(57)58)16-17-30(49)44-18-19-48-31(50)21-29(36(48)53)59-22-26(42)38(55)56/h11-15,20,23,26-29,32-33,43H,16-19,21-22,42H2,1-10H3,(H,44,49)(H,45,51)(H,46,52)(H,55,56)(H,57,58)/b24-20+/t26-,27+,28+,29?,32+,33+/m0/s1. The highest BCUT2D eigenvalue weighted by Crippen LogP contribution is 2.29. The van der Waals surface area contributed by atoms with Gasteiger partial charge in [-0.3, -0.25) is 38.5 Å². The largest absolute Gasteiger partial charge is 0.480 e. The number of nitrogens with two attached hydrogens (primary N) is 1. The van der Waals surface area contributed by atoms with E-state index in [0.29, 0.717) is 0 Å². The minimum absolute atomic E-state index is 0.0548. The normalized spacial score (nSPS) is 17.5. The first-order valence-corrected chi connectivity index (χ1v) is 20.6. The zero-order valence-electron chi connectivity index (χ0n) is 35.8. The number of imide groups is 1. The molecule has 1 aromatic carbocycles. The molecule has 328 valence electrons. The summed E-state index contributed by atoms with van der Waals surface area (Å²) in [5.41, 5.74) is 5.22. The van der Waals surface area contributed by atoms with E-state index in [1.807, 2.05) is 78.8 Å². The topological polar surface area (TPSA) is 258 Å². The van der Waals surface area contributed by atoms with Crippen molar-refractivity contribution in [2.24, 2.45) is 17.1 Å². The van der Waals surface area contributed by atoms with Crippen molar-refractivity contribution >= 4 is 59.1 Å². The molecule has 1 aromatic rings. The average molecular weight is 846 g/mol. The number of carbonyl (C=O) groups excluding carboxylic acids is 6. The molecule has 1 aliphatic heterocycles. The van der Waals surface area contributed by atoms with Crippen LogP contribution in [0.2, 0.25) is 0 Å². The van der Waals surface area contributed by atoms with E-state index in [-0.39, 0.29) is 61.4 Å². The second-order valence-corrected chi connectivity index (χ2v) is 18.0. The van der Waals surface area contributed by atoms with Crippen molar-refractivity contribution in [3.63, 3.8) is 0 Å². The molecule has 18 heteroatoms. The van der Waals surface area contributed by atoms with Crippen LogP contribution in [0, 0.1) is 11.3 Å². The van der Waals surface area contributed by atoms with Gasteiger partial charge >= 0.3 is 11.9 Å². The van der Waals surface area contributed by atoms with Gasteiger partial charge in [0, 0.05) is 49.7 Å². The molecule has 17 nitrogen and oxygen atoms in total. The van der Waals surface area contributed by atoms with E-state index < -0.39 is 81.9 Å². The molecule has 0 radical (unpaired) electrons. The van der Waals surface area contributed by atoms with Gasteiger partial charge in [0.15, 0.2) is 0 Å². The molecule has 2 rings (SSSR count). The number of likely N-dealkylation sites (N-methyl/N-ethyl adjacent to an activating group) is 2. The third-order valence-corrected chi connectivity index (χ3v) is 11.7. The number of nitrogens with one attached hydrogen (secondary N) is 4. The first-order chi connectivity index (χ1) is 27.3. The summed E-state index contributed by atoms with van der Waals surface area (Å²) in [6.07, 6.45) is 0.891. The summed E-state index contributed by atoms with van der Waals surface area (Å²) in [4.78, 5) is 105. The van der Waals surface area contributed by atoms with Gasteiger partial charge in [0.2, 0.25) is 35.4 Å². The SMILES string of the molecule is CN[C@H](C(=O)N[C@H](C(=O)N(C)[C@H](/C=C(\C)C(=O)N[C@H](CCC(=O)NCCN1C(=O)CC(SC[C@H](N)C(=O)O)C1=O)C(=O)O)C(C)C)C(C)(C)C)C(C)(C)c1ccccc1. The Morgan fingerprint density at radius 2 is 1.59 bits per heavy atom. The van der Waals surface area contributed by atoms with Crippen LogP contribution in [0.25, 0.3) is 0 Å². The van der Waals surface area contributed by atoms with E-state index >= 15 is 0 Å². The quantitative estimate of drug-likeness (QED) is 0.0642. The van der Waals surface area contributed by atoms with Gasteiger partial charge in [0.05, 0.1) is 17.3 Å². The van der Waals surface area contributed by atoms with Crippen LogP contribution in [0.15, 0.2) is 42.0 Å². The maximum atomic E-state index is 14.2. The van der Waals surface area contributed by atoms with Gasteiger partial charge in [0.1, 0.15) is 18.1 Å². The number of carbonyl (C=O) groups is 8. The second kappa shape index (κ2) is 22.0. The molecule has 0 aliphatic carbocycles. The third-order valence-electron chi connectivity index (χ3n) is 10.4. The van der Waals surface area contributed by atoms with Crippen molar-refractivity contribution in [3.8, 4) is 0 Å². The highest BCUT2D eigenvalue weighted by molar-refractivity contribution is 8.00. The van der Waals surface area contributed by atoms with Crippen molar-refractivity contribution in [2.45, 2.75) is 116 Å². The number of aliphatic carboxylic acids is 2. The lowest BCUT2D eigenvalue weighted by Crippen LogP contribution is -2.61. The fourth-order valence-corrected chi connectivity index (χ4v) is 7.78. The molecule has 1 saturated heterocycles. The number of rotatable bonds is 22. The molecule has 1 unspecified atom stereocenters. The Morgan fingerprint density at radius 3 is 2.12 bits per heavy atom. The summed E-state index contributed by atoms with van der Waals surface area (Å²) in [6, 6.07) is 4.71. The fraction of sp³-hybridized carbons (Fsp3) is 0.610. The number of likely N-dealkylation sites (tertiary alicyclic amines) is 1. The molecule has 0 bridgehead atoms. The van der Waals surface area contributed by atoms with E-state index in [9.17, 15) is 43.5 Å². The number of carboxylic acids is 2. The van der Waals surface area contributed by atoms with Gasteiger partial charge in [-0.05, 0) is 37.3 Å². The molecular formula is C41H63N7O10S. The highest BCUT2D eigenvalue weighted by Gasteiger charge is 2.42. The maximum Gasteiger partial charge on any atom is 0.326 e. The van der Waals surface area contributed by atoms with Gasteiger partial charge in [-0.15, -0.1) is 11.8 Å². The van der Waals surface area contributed by atoms with Crippen molar-refractivity contribution < 1.29 is 48.6 Å². The molecule has 8 N–H and O–H groups in total. The van der Waals surface area contributed by atoms with Crippen molar-refractivity contribution in [3.05, 3.63) is 47.5 Å². The zero-order valence-corrected chi connectivity index (χ0v) is 36.6. The summed E-state index contributed by atoms with van der Waals surface area (Å²) in [6.45, 7) is 14.4. The van der Waals surface area contributed by atoms with Crippen LogP contribution < -0.4 is 27.0 Å². The lowest BCUT2D eigenvalue weighted by molar-refractivity contribution is -0.142. The summed E-state index contributed by atoms with van der Waals surface area (Å²) >= 11 is 0.976. The highest BCUT2D eigenvalue weighted by atomic mass is 32.2. The summed E-state index contributed by atoms with van der Waals surface area (Å²) in [5, 5.41) is 29.1. The Hall–Kier alpha value is -4.81. The van der Waals surface area contributed by atoms with Crippen LogP contribution in [0.3, 0.4) is 0 Å². The van der Waals surface area contributed by atoms with Gasteiger partial charge in [0.25, 0.3) is 0 Å². The number of hydrogen-bond acceptors (Lipinski definition) is 11. The molecule has 1 aliphatic rings. The van der Waals surface area contributed by atoms with Crippen molar-refractivity contribution in [2.75, 3.05) is 32.9 Å². The number of nitrogens with zero attached hydrogens (tertiary/aromatic N) is 2. The number of thioether (sulfide) groups is 1. The van der Waals surface area contributed by atoms with Crippen molar-refractivity contribution in [1.29, 1.82) is 0 Å². The zero-order chi connectivity index (χ0) is 45.0. The molecule has 6 amide bonds. The summed E-state index contributed by atoms with van der Waals surface area (Å²) < 4.78 is 0. The summed E-state index contributed by atoms with van der Waals surface area (Å²) in [7, 11) is 3.28. The van der Waals surface area contributed by atoms with Gasteiger partial charge < -0.3 is 42.1 Å². The van der Waals surface area contributed by atoms with Gasteiger partial charge in [-0.1, -0.05) is 84.9 Å². The Labute approximate surface area is 351 Å². The van der Waals surface area contributed by atoms with E-state index in [1.54, 1.807) is 20.2 Å². The lowest BCUT2D eigenvalue weighted by Gasteiger charge is -2.40. The van der Waals surface area contributed by atoms with Crippen molar-refractivity contribution in [1.82, 2.24) is 31.1 Å². The van der Waals surface area contributed by atoms with E-state index in [0.717, 1.165) is 22.2 Å². The number of amides is 6. The van der Waals surface area contributed by atoms with Crippen LogP contribution in [0.1, 0.15) is 80.2 Å². The number of carboxylic acid groups (broad SMARTS) is 2. The molecular weight excluding hydrogens is 783 g/mol. The molecule has 1 heterocycles. The Kier molecular flexibility index (Phi) is 18.8. The molecule has 0 spiro atoms. The third kappa shape index (κ3) is 14.2. The van der Waals surface area contributed by atoms with Gasteiger partial charge in [-0.25, -0.2) is 4.79 Å². The van der Waals surface area contributed by atoms with Crippen LogP contribution in [-0.2, 0) is 43.8 Å². The molecule has 6 atom stereocenters. The minimum atomic E-state index is -1.44. The van der Waals surface area contributed by atoms with E-state index in [4.69, 9.17) is 10.8 Å². The Bertz CT molecular complexity index is 1730. The average Bonchev–Trinajstić information content (AvgIpc) is 3.43. The second-order valence-electron chi connectivity index (χ2n) is 16.8. The van der Waals surface area contributed by atoms with Gasteiger partial charge in [-0.2, -0.15) is 0 Å². The number of benzene rings is 1. The Morgan fingerprint density at radius 1 is 0.983 bits per heavy atom. The monoisotopic (exact) mass is 845 g/mol. The minimum Gasteiger partial charge on any atom is -0.480 e. The molecule has 0 saturated carbocycles. The van der Waals surface area contributed by atoms with E-state index in [2.05, 4.69) is 21.3 Å². The Balaban J connectivity index is 2.07. The maximum absolute atomic E-state index is 14.2. The van der Waals surface area contributed by atoms with E-state index in [1.165, 1.54) is 11.8 Å².